The maximum atomic E-state index is 13.7. The number of likely N-dealkylation sites (tertiary alicyclic amines) is 1. The fraction of sp³-hybridized carbons (Fsp3) is 0.471. The normalized spacial score (nSPS) is 19.5. The summed E-state index contributed by atoms with van der Waals surface area (Å²) in [6.45, 7) is 3.02. The van der Waals surface area contributed by atoms with Gasteiger partial charge in [0, 0.05) is 31.0 Å². The minimum Gasteiger partial charge on any atom is -0.347 e. The van der Waals surface area contributed by atoms with Crippen LogP contribution in [0.4, 0.5) is 8.78 Å². The SMILES string of the molecule is Fc1ccc(CCC2CCCN(Cc3cnc[nH]3)C2)c(F)c1. The van der Waals surface area contributed by atoms with Crippen LogP contribution in [0.2, 0.25) is 0 Å². The van der Waals surface area contributed by atoms with Crippen molar-refractivity contribution in [1.29, 1.82) is 0 Å². The molecule has 1 aromatic carbocycles. The van der Waals surface area contributed by atoms with E-state index >= 15 is 0 Å². The first-order chi connectivity index (χ1) is 10.7. The van der Waals surface area contributed by atoms with Crippen molar-refractivity contribution in [2.75, 3.05) is 13.1 Å². The number of nitrogens with one attached hydrogen (secondary N) is 1. The number of rotatable bonds is 5. The highest BCUT2D eigenvalue weighted by atomic mass is 19.1. The Morgan fingerprint density at radius 3 is 3.00 bits per heavy atom. The van der Waals surface area contributed by atoms with Gasteiger partial charge in [-0.1, -0.05) is 6.07 Å². The standard InChI is InChI=1S/C17H21F2N3/c18-15-6-5-14(17(19)8-15)4-3-13-2-1-7-22(10-13)11-16-9-20-12-21-16/h5-6,8-9,12-13H,1-4,7,10-11H2,(H,20,21). The van der Waals surface area contributed by atoms with E-state index in [0.717, 1.165) is 37.8 Å². The summed E-state index contributed by atoms with van der Waals surface area (Å²) in [6.07, 6.45) is 7.54. The van der Waals surface area contributed by atoms with Crippen LogP contribution in [0, 0.1) is 17.6 Å². The van der Waals surface area contributed by atoms with Gasteiger partial charge in [-0.2, -0.15) is 0 Å². The highest BCUT2D eigenvalue weighted by Gasteiger charge is 2.20. The lowest BCUT2D eigenvalue weighted by molar-refractivity contribution is 0.160. The number of aromatic nitrogens is 2. The van der Waals surface area contributed by atoms with E-state index in [1.165, 1.54) is 18.9 Å². The third-order valence-electron chi connectivity index (χ3n) is 4.39. The molecular weight excluding hydrogens is 284 g/mol. The van der Waals surface area contributed by atoms with Crippen LogP contribution in [-0.4, -0.2) is 28.0 Å². The van der Waals surface area contributed by atoms with Crippen molar-refractivity contribution < 1.29 is 8.78 Å². The van der Waals surface area contributed by atoms with E-state index in [1.807, 2.05) is 6.20 Å². The maximum Gasteiger partial charge on any atom is 0.129 e. The zero-order chi connectivity index (χ0) is 15.4. The van der Waals surface area contributed by atoms with Crippen LogP contribution < -0.4 is 0 Å². The molecule has 1 N–H and O–H groups in total. The lowest BCUT2D eigenvalue weighted by atomic mass is 9.91. The highest BCUT2D eigenvalue weighted by Crippen LogP contribution is 2.23. The van der Waals surface area contributed by atoms with E-state index in [1.54, 1.807) is 12.4 Å². The smallest absolute Gasteiger partial charge is 0.129 e. The van der Waals surface area contributed by atoms with Crippen molar-refractivity contribution in [3.63, 3.8) is 0 Å². The minimum absolute atomic E-state index is 0.426. The molecule has 0 aliphatic carbocycles. The van der Waals surface area contributed by atoms with Gasteiger partial charge < -0.3 is 4.98 Å². The van der Waals surface area contributed by atoms with Gasteiger partial charge in [0.25, 0.3) is 0 Å². The first-order valence-corrected chi connectivity index (χ1v) is 7.84. The minimum atomic E-state index is -0.510. The largest absolute Gasteiger partial charge is 0.347 e. The first-order valence-electron chi connectivity index (χ1n) is 7.84. The molecule has 1 unspecified atom stereocenters. The Bertz CT molecular complexity index is 598. The molecule has 2 aromatic rings. The van der Waals surface area contributed by atoms with E-state index in [2.05, 4.69) is 14.9 Å². The summed E-state index contributed by atoms with van der Waals surface area (Å²) in [6, 6.07) is 3.88. The fourth-order valence-corrected chi connectivity index (χ4v) is 3.23. The number of hydrogen-bond donors (Lipinski definition) is 1. The Labute approximate surface area is 129 Å². The summed E-state index contributed by atoms with van der Waals surface area (Å²) in [5.74, 6) is -0.365. The third-order valence-corrected chi connectivity index (χ3v) is 4.39. The molecule has 0 saturated carbocycles. The van der Waals surface area contributed by atoms with Crippen LogP contribution in [-0.2, 0) is 13.0 Å². The first kappa shape index (κ1) is 15.2. The second-order valence-corrected chi connectivity index (χ2v) is 6.09. The molecule has 1 aromatic heterocycles. The van der Waals surface area contributed by atoms with Gasteiger partial charge in [0.2, 0.25) is 0 Å². The number of nitrogens with zero attached hydrogens (tertiary/aromatic N) is 2. The molecule has 3 rings (SSSR count). The van der Waals surface area contributed by atoms with E-state index in [9.17, 15) is 8.78 Å². The summed E-state index contributed by atoms with van der Waals surface area (Å²) in [5, 5.41) is 0. The van der Waals surface area contributed by atoms with Crippen LogP contribution >= 0.6 is 0 Å². The summed E-state index contributed by atoms with van der Waals surface area (Å²) >= 11 is 0. The molecule has 0 amide bonds. The molecule has 3 nitrogen and oxygen atoms in total. The molecule has 2 heterocycles. The molecule has 5 heteroatoms. The quantitative estimate of drug-likeness (QED) is 0.916. The molecule has 1 saturated heterocycles. The summed E-state index contributed by atoms with van der Waals surface area (Å²) in [5.41, 5.74) is 1.75. The van der Waals surface area contributed by atoms with Gasteiger partial charge in [-0.05, 0) is 49.8 Å². The maximum absolute atomic E-state index is 13.7. The molecule has 0 radical (unpaired) electrons. The van der Waals surface area contributed by atoms with Crippen molar-refractivity contribution in [2.24, 2.45) is 5.92 Å². The average Bonchev–Trinajstić information content (AvgIpc) is 3.00. The van der Waals surface area contributed by atoms with Crippen LogP contribution in [0.3, 0.4) is 0 Å². The van der Waals surface area contributed by atoms with Gasteiger partial charge in [-0.3, -0.25) is 4.90 Å². The predicted molar refractivity (Wildman–Crippen MR) is 81.3 cm³/mol. The number of aromatic amines is 1. The molecule has 1 aliphatic heterocycles. The van der Waals surface area contributed by atoms with Crippen molar-refractivity contribution in [3.8, 4) is 0 Å². The Morgan fingerprint density at radius 1 is 1.32 bits per heavy atom. The third kappa shape index (κ3) is 3.91. The van der Waals surface area contributed by atoms with E-state index in [4.69, 9.17) is 0 Å². The van der Waals surface area contributed by atoms with Crippen molar-refractivity contribution in [3.05, 3.63) is 53.6 Å². The second-order valence-electron chi connectivity index (χ2n) is 6.09. The Kier molecular flexibility index (Phi) is 4.83. The van der Waals surface area contributed by atoms with E-state index in [0.29, 0.717) is 17.9 Å². The number of H-pyrrole nitrogens is 1. The van der Waals surface area contributed by atoms with Gasteiger partial charge in [0.05, 0.1) is 6.33 Å². The summed E-state index contributed by atoms with van der Waals surface area (Å²) in [7, 11) is 0. The Morgan fingerprint density at radius 2 is 2.23 bits per heavy atom. The molecule has 0 bridgehead atoms. The number of aryl methyl sites for hydroxylation is 1. The van der Waals surface area contributed by atoms with Gasteiger partial charge in [0.1, 0.15) is 11.6 Å². The number of halogens is 2. The van der Waals surface area contributed by atoms with Crippen LogP contribution in [0.25, 0.3) is 0 Å². The predicted octanol–water partition coefficient (Wildman–Crippen LogP) is 3.53. The number of imidazole rings is 1. The van der Waals surface area contributed by atoms with Gasteiger partial charge in [0.15, 0.2) is 0 Å². The zero-order valence-corrected chi connectivity index (χ0v) is 12.6. The van der Waals surface area contributed by atoms with Crippen LogP contribution in [0.5, 0.6) is 0 Å². The number of benzene rings is 1. The molecule has 0 spiro atoms. The zero-order valence-electron chi connectivity index (χ0n) is 12.6. The second kappa shape index (κ2) is 7.01. The summed E-state index contributed by atoms with van der Waals surface area (Å²) in [4.78, 5) is 9.60. The topological polar surface area (TPSA) is 31.9 Å². The van der Waals surface area contributed by atoms with Crippen molar-refractivity contribution in [1.82, 2.24) is 14.9 Å². The molecule has 118 valence electrons. The molecule has 1 aliphatic rings. The fourth-order valence-electron chi connectivity index (χ4n) is 3.23. The Hall–Kier alpha value is -1.75. The average molecular weight is 305 g/mol. The number of piperidine rings is 1. The summed E-state index contributed by atoms with van der Waals surface area (Å²) < 4.78 is 26.6. The lowest BCUT2D eigenvalue weighted by Crippen LogP contribution is -2.35. The molecular formula is C17H21F2N3. The molecule has 1 fully saturated rings. The highest BCUT2D eigenvalue weighted by molar-refractivity contribution is 5.18. The monoisotopic (exact) mass is 305 g/mol. The van der Waals surface area contributed by atoms with E-state index in [-0.39, 0.29) is 0 Å². The van der Waals surface area contributed by atoms with Gasteiger partial charge >= 0.3 is 0 Å². The molecule has 22 heavy (non-hydrogen) atoms. The van der Waals surface area contributed by atoms with Crippen molar-refractivity contribution >= 4 is 0 Å². The lowest BCUT2D eigenvalue weighted by Gasteiger charge is -2.32. The van der Waals surface area contributed by atoms with Crippen molar-refractivity contribution in [2.45, 2.75) is 32.2 Å². The van der Waals surface area contributed by atoms with Crippen LogP contribution in [0.15, 0.2) is 30.7 Å². The van der Waals surface area contributed by atoms with E-state index < -0.39 is 11.6 Å². The molecule has 1 atom stereocenters. The Balaban J connectivity index is 1.52. The van der Waals surface area contributed by atoms with Crippen LogP contribution in [0.1, 0.15) is 30.5 Å². The van der Waals surface area contributed by atoms with Gasteiger partial charge in [-0.15, -0.1) is 0 Å². The number of hydrogen-bond acceptors (Lipinski definition) is 2. The van der Waals surface area contributed by atoms with Gasteiger partial charge in [-0.25, -0.2) is 13.8 Å².